The van der Waals surface area contributed by atoms with E-state index >= 15 is 0 Å². The highest BCUT2D eigenvalue weighted by atomic mass is 16.5. The van der Waals surface area contributed by atoms with E-state index < -0.39 is 0 Å². The van der Waals surface area contributed by atoms with Crippen LogP contribution in [0.4, 0.5) is 0 Å². The van der Waals surface area contributed by atoms with Crippen molar-refractivity contribution in [1.29, 1.82) is 0 Å². The predicted octanol–water partition coefficient (Wildman–Crippen LogP) is 4.86. The smallest absolute Gasteiger partial charge is 0.0648 e. The molecule has 0 saturated heterocycles. The molecule has 1 heteroatoms. The van der Waals surface area contributed by atoms with Gasteiger partial charge in [-0.1, -0.05) is 63.9 Å². The van der Waals surface area contributed by atoms with Crippen molar-refractivity contribution in [1.82, 2.24) is 0 Å². The molecule has 1 saturated carbocycles. The third-order valence-electron chi connectivity index (χ3n) is 3.50. The summed E-state index contributed by atoms with van der Waals surface area (Å²) in [4.78, 5) is 0. The molecule has 0 radical (unpaired) electrons. The largest absolute Gasteiger partial charge is 0.374 e. The third kappa shape index (κ3) is 7.05. The number of hydrogen-bond acceptors (Lipinski definition) is 1. The minimum absolute atomic E-state index is 0.498. The summed E-state index contributed by atoms with van der Waals surface area (Å²) < 4.78 is 5.82. The number of rotatable bonds is 3. The number of hydrogen-bond donors (Lipinski definition) is 0. The summed E-state index contributed by atoms with van der Waals surface area (Å²) in [6, 6.07) is 0. The van der Waals surface area contributed by atoms with Gasteiger partial charge >= 0.3 is 0 Å². The van der Waals surface area contributed by atoms with E-state index in [0.717, 1.165) is 6.61 Å². The molecule has 1 aliphatic carbocycles. The Morgan fingerprint density at radius 3 is 1.69 bits per heavy atom. The zero-order chi connectivity index (χ0) is 11.5. The van der Waals surface area contributed by atoms with Crippen molar-refractivity contribution in [3.8, 4) is 0 Å². The minimum Gasteiger partial charge on any atom is -0.374 e. The van der Waals surface area contributed by atoms with E-state index in [-0.39, 0.29) is 0 Å². The Morgan fingerprint density at radius 2 is 1.25 bits per heavy atom. The highest BCUT2D eigenvalue weighted by molar-refractivity contribution is 4.68. The van der Waals surface area contributed by atoms with Gasteiger partial charge in [-0.25, -0.2) is 0 Å². The highest BCUT2D eigenvalue weighted by Crippen LogP contribution is 2.18. The average Bonchev–Trinajstić information content (AvgIpc) is 2.28. The molecule has 1 aliphatic rings. The maximum Gasteiger partial charge on any atom is 0.0648 e. The van der Waals surface area contributed by atoms with Gasteiger partial charge in [0.05, 0.1) is 12.7 Å². The summed E-state index contributed by atoms with van der Waals surface area (Å²) >= 11 is 0. The summed E-state index contributed by atoms with van der Waals surface area (Å²) in [7, 11) is 0. The average molecular weight is 224 g/mol. The quantitative estimate of drug-likeness (QED) is 0.622. The third-order valence-corrected chi connectivity index (χ3v) is 3.50. The second-order valence-electron chi connectivity index (χ2n) is 5.00. The molecule has 0 bridgehead atoms. The van der Waals surface area contributed by atoms with Crippen LogP contribution in [0.15, 0.2) is 12.7 Å². The van der Waals surface area contributed by atoms with Gasteiger partial charge < -0.3 is 4.74 Å². The summed E-state index contributed by atoms with van der Waals surface area (Å²) in [5, 5.41) is 0. The fraction of sp³-hybridized carbons (Fsp3) is 0.867. The van der Waals surface area contributed by atoms with Crippen molar-refractivity contribution in [3.63, 3.8) is 0 Å². The first-order valence-electron chi connectivity index (χ1n) is 7.16. The molecule has 94 valence electrons. The Balaban J connectivity index is 2.21. The first kappa shape index (κ1) is 13.8. The molecule has 0 unspecified atom stereocenters. The lowest BCUT2D eigenvalue weighted by Crippen LogP contribution is -2.13. The first-order valence-corrected chi connectivity index (χ1v) is 7.16. The second kappa shape index (κ2) is 9.89. The summed E-state index contributed by atoms with van der Waals surface area (Å²) in [5.74, 6) is 0. The van der Waals surface area contributed by atoms with Crippen molar-refractivity contribution in [3.05, 3.63) is 12.7 Å². The van der Waals surface area contributed by atoms with Crippen LogP contribution in [-0.4, -0.2) is 12.7 Å². The molecule has 0 aliphatic heterocycles. The van der Waals surface area contributed by atoms with Crippen LogP contribution >= 0.6 is 0 Å². The molecule has 0 atom stereocenters. The molecule has 0 heterocycles. The molecule has 0 aromatic heterocycles. The van der Waals surface area contributed by atoms with Gasteiger partial charge in [-0.3, -0.25) is 0 Å². The second-order valence-corrected chi connectivity index (χ2v) is 5.00. The maximum absolute atomic E-state index is 5.82. The van der Waals surface area contributed by atoms with Gasteiger partial charge in [-0.05, 0) is 12.8 Å². The van der Waals surface area contributed by atoms with Crippen LogP contribution in [0.25, 0.3) is 0 Å². The standard InChI is InChI=1S/C15H28O/c1-2-14-16-15-12-10-8-6-4-3-5-7-9-11-13-15/h2,15H,1,3-14H2. The van der Waals surface area contributed by atoms with Gasteiger partial charge in [0.25, 0.3) is 0 Å². The molecule has 0 aromatic rings. The Labute approximate surface area is 101 Å². The zero-order valence-corrected chi connectivity index (χ0v) is 10.8. The summed E-state index contributed by atoms with van der Waals surface area (Å²) in [6.07, 6.45) is 17.6. The lowest BCUT2D eigenvalue weighted by molar-refractivity contribution is 0.0572. The van der Waals surface area contributed by atoms with Gasteiger partial charge in [0.2, 0.25) is 0 Å². The highest BCUT2D eigenvalue weighted by Gasteiger charge is 2.08. The van der Waals surface area contributed by atoms with Gasteiger partial charge in [0, 0.05) is 0 Å². The molecule has 16 heavy (non-hydrogen) atoms. The van der Waals surface area contributed by atoms with Crippen molar-refractivity contribution in [2.45, 2.75) is 76.7 Å². The Hall–Kier alpha value is -0.300. The van der Waals surface area contributed by atoms with Crippen LogP contribution in [0.3, 0.4) is 0 Å². The summed E-state index contributed by atoms with van der Waals surface area (Å²) in [6.45, 7) is 4.45. The molecule has 0 amide bonds. The Morgan fingerprint density at radius 1 is 0.812 bits per heavy atom. The van der Waals surface area contributed by atoms with E-state index in [0.29, 0.717) is 6.10 Å². The summed E-state index contributed by atoms with van der Waals surface area (Å²) in [5.41, 5.74) is 0. The van der Waals surface area contributed by atoms with Crippen LogP contribution in [0.5, 0.6) is 0 Å². The SMILES string of the molecule is C=CCOC1CCCCCCCCCCC1. The van der Waals surface area contributed by atoms with Crippen LogP contribution in [0.1, 0.15) is 70.6 Å². The van der Waals surface area contributed by atoms with Crippen molar-refractivity contribution in [2.75, 3.05) is 6.61 Å². The lowest BCUT2D eigenvalue weighted by Gasteiger charge is -2.17. The van der Waals surface area contributed by atoms with Gasteiger partial charge in [-0.15, -0.1) is 6.58 Å². The molecule has 1 nitrogen and oxygen atoms in total. The van der Waals surface area contributed by atoms with Crippen LogP contribution in [0.2, 0.25) is 0 Å². The maximum atomic E-state index is 5.82. The van der Waals surface area contributed by atoms with E-state index in [1.54, 1.807) is 0 Å². The van der Waals surface area contributed by atoms with Crippen molar-refractivity contribution in [2.24, 2.45) is 0 Å². The fourth-order valence-electron chi connectivity index (χ4n) is 2.50. The molecular weight excluding hydrogens is 196 g/mol. The van der Waals surface area contributed by atoms with Gasteiger partial charge in [0.1, 0.15) is 0 Å². The van der Waals surface area contributed by atoms with Gasteiger partial charge in [-0.2, -0.15) is 0 Å². The van der Waals surface area contributed by atoms with E-state index in [1.807, 2.05) is 6.08 Å². The molecule has 1 fully saturated rings. The lowest BCUT2D eigenvalue weighted by atomic mass is 9.99. The molecule has 0 N–H and O–H groups in total. The topological polar surface area (TPSA) is 9.23 Å². The Bertz CT molecular complexity index is 153. The molecular formula is C15H28O. The Kier molecular flexibility index (Phi) is 8.51. The minimum atomic E-state index is 0.498. The van der Waals surface area contributed by atoms with E-state index in [1.165, 1.54) is 70.6 Å². The number of ether oxygens (including phenoxy) is 1. The van der Waals surface area contributed by atoms with Crippen molar-refractivity contribution >= 4 is 0 Å². The molecule has 0 spiro atoms. The molecule has 1 rings (SSSR count). The fourth-order valence-corrected chi connectivity index (χ4v) is 2.50. The normalized spacial score (nSPS) is 22.0. The zero-order valence-electron chi connectivity index (χ0n) is 10.8. The van der Waals surface area contributed by atoms with Crippen LogP contribution in [0, 0.1) is 0 Å². The van der Waals surface area contributed by atoms with Crippen LogP contribution in [-0.2, 0) is 4.74 Å². The van der Waals surface area contributed by atoms with E-state index in [9.17, 15) is 0 Å². The van der Waals surface area contributed by atoms with Crippen LogP contribution < -0.4 is 0 Å². The van der Waals surface area contributed by atoms with E-state index in [2.05, 4.69) is 6.58 Å². The van der Waals surface area contributed by atoms with Crippen molar-refractivity contribution < 1.29 is 4.74 Å². The predicted molar refractivity (Wildman–Crippen MR) is 70.7 cm³/mol. The monoisotopic (exact) mass is 224 g/mol. The van der Waals surface area contributed by atoms with Gasteiger partial charge in [0.15, 0.2) is 0 Å². The van der Waals surface area contributed by atoms with E-state index in [4.69, 9.17) is 4.74 Å². The first-order chi connectivity index (χ1) is 7.93. The molecule has 0 aromatic carbocycles.